The molecule has 0 aliphatic heterocycles. The molecule has 0 amide bonds. The van der Waals surface area contributed by atoms with Gasteiger partial charge in [0, 0.05) is 16.3 Å². The van der Waals surface area contributed by atoms with Crippen molar-refractivity contribution in [2.75, 3.05) is 12.8 Å². The molecule has 0 spiro atoms. The lowest BCUT2D eigenvalue weighted by Crippen LogP contribution is -2.07. The van der Waals surface area contributed by atoms with Crippen molar-refractivity contribution in [2.45, 2.75) is 30.8 Å². The van der Waals surface area contributed by atoms with Gasteiger partial charge in [-0.15, -0.1) is 10.2 Å². The van der Waals surface area contributed by atoms with Gasteiger partial charge in [-0.05, 0) is 37.6 Å². The second-order valence-corrected chi connectivity index (χ2v) is 6.35. The highest BCUT2D eigenvalue weighted by atomic mass is 79.9. The number of thioether (sulfide) groups is 1. The number of hydrogen-bond acceptors (Lipinski definition) is 5. The van der Waals surface area contributed by atoms with Crippen molar-refractivity contribution in [2.24, 2.45) is 0 Å². The van der Waals surface area contributed by atoms with E-state index in [1.54, 1.807) is 18.9 Å². The molecule has 0 fully saturated rings. The summed E-state index contributed by atoms with van der Waals surface area (Å²) in [4.78, 5) is 0. The van der Waals surface area contributed by atoms with Gasteiger partial charge in [-0.3, -0.25) is 4.57 Å². The van der Waals surface area contributed by atoms with Gasteiger partial charge < -0.3 is 10.5 Å². The lowest BCUT2D eigenvalue weighted by atomic mass is 10.2. The normalized spacial score (nSPS) is 11.1. The minimum atomic E-state index is 0.237. The minimum Gasteiger partial charge on any atom is -0.497 e. The first-order valence-corrected chi connectivity index (χ1v) is 7.96. The van der Waals surface area contributed by atoms with Gasteiger partial charge in [0.15, 0.2) is 5.16 Å². The number of benzene rings is 1. The van der Waals surface area contributed by atoms with Crippen molar-refractivity contribution >= 4 is 33.6 Å². The Balaban J connectivity index is 2.17. The standard InChI is InChI=1S/C13H17BrN4OS/c1-8(2)18-12(15)16-17-13(18)20-7-9-6-10(19-3)4-5-11(9)14/h4-6,8H,7H2,1-3H3,(H2,15,16). The molecule has 2 aromatic rings. The van der Waals surface area contributed by atoms with Crippen molar-refractivity contribution in [3.05, 3.63) is 28.2 Å². The second-order valence-electron chi connectivity index (χ2n) is 4.55. The molecule has 0 atom stereocenters. The fourth-order valence-electron chi connectivity index (χ4n) is 1.80. The van der Waals surface area contributed by atoms with Crippen LogP contribution in [0.15, 0.2) is 27.8 Å². The van der Waals surface area contributed by atoms with Crippen LogP contribution in [0.3, 0.4) is 0 Å². The molecule has 0 unspecified atom stereocenters. The van der Waals surface area contributed by atoms with E-state index in [9.17, 15) is 0 Å². The molecule has 20 heavy (non-hydrogen) atoms. The summed E-state index contributed by atoms with van der Waals surface area (Å²) >= 11 is 5.16. The zero-order valence-corrected chi connectivity index (χ0v) is 14.0. The average molecular weight is 357 g/mol. The predicted molar refractivity (Wildman–Crippen MR) is 85.1 cm³/mol. The first-order chi connectivity index (χ1) is 9.52. The molecule has 0 saturated heterocycles. The number of methoxy groups -OCH3 is 1. The predicted octanol–water partition coefficient (Wildman–Crippen LogP) is 3.50. The Kier molecular flexibility index (Phi) is 4.93. The van der Waals surface area contributed by atoms with Gasteiger partial charge in [0.2, 0.25) is 5.95 Å². The molecule has 7 heteroatoms. The number of nitrogens with two attached hydrogens (primary N) is 1. The molecule has 0 saturated carbocycles. The number of anilines is 1. The van der Waals surface area contributed by atoms with Crippen molar-refractivity contribution in [1.29, 1.82) is 0 Å². The maximum atomic E-state index is 5.83. The third-order valence-electron chi connectivity index (χ3n) is 2.82. The maximum Gasteiger partial charge on any atom is 0.222 e. The lowest BCUT2D eigenvalue weighted by Gasteiger charge is -2.12. The molecule has 1 heterocycles. The maximum absolute atomic E-state index is 5.83. The molecule has 1 aromatic heterocycles. The topological polar surface area (TPSA) is 66.0 Å². The molecular formula is C13H17BrN4OS. The SMILES string of the molecule is COc1ccc(Br)c(CSc2nnc(N)n2C(C)C)c1. The van der Waals surface area contributed by atoms with E-state index in [1.165, 1.54) is 0 Å². The number of nitrogens with zero attached hydrogens (tertiary/aromatic N) is 3. The molecule has 2 rings (SSSR count). The van der Waals surface area contributed by atoms with Gasteiger partial charge in [-0.1, -0.05) is 27.7 Å². The van der Waals surface area contributed by atoms with Gasteiger partial charge in [0.25, 0.3) is 0 Å². The van der Waals surface area contributed by atoms with Crippen molar-refractivity contribution in [3.63, 3.8) is 0 Å². The van der Waals surface area contributed by atoms with Crippen molar-refractivity contribution in [1.82, 2.24) is 14.8 Å². The molecule has 0 aliphatic rings. The highest BCUT2D eigenvalue weighted by Gasteiger charge is 2.13. The van der Waals surface area contributed by atoms with E-state index < -0.39 is 0 Å². The van der Waals surface area contributed by atoms with Crippen LogP contribution in [-0.4, -0.2) is 21.9 Å². The van der Waals surface area contributed by atoms with E-state index in [4.69, 9.17) is 10.5 Å². The summed E-state index contributed by atoms with van der Waals surface area (Å²) in [6.45, 7) is 4.12. The molecular weight excluding hydrogens is 340 g/mol. The Hall–Kier alpha value is -1.21. The van der Waals surface area contributed by atoms with Crippen LogP contribution >= 0.6 is 27.7 Å². The monoisotopic (exact) mass is 356 g/mol. The molecule has 1 aromatic carbocycles. The number of halogens is 1. The molecule has 0 bridgehead atoms. The summed E-state index contributed by atoms with van der Waals surface area (Å²) in [7, 11) is 1.66. The molecule has 5 nitrogen and oxygen atoms in total. The van der Waals surface area contributed by atoms with Crippen LogP contribution in [0.5, 0.6) is 5.75 Å². The third-order valence-corrected chi connectivity index (χ3v) is 4.58. The van der Waals surface area contributed by atoms with Gasteiger partial charge in [-0.2, -0.15) is 0 Å². The van der Waals surface area contributed by atoms with E-state index in [1.807, 2.05) is 22.8 Å². The number of hydrogen-bond donors (Lipinski definition) is 1. The van der Waals surface area contributed by atoms with Gasteiger partial charge in [0.05, 0.1) is 7.11 Å². The first kappa shape index (κ1) is 15.2. The zero-order valence-electron chi connectivity index (χ0n) is 11.6. The Morgan fingerprint density at radius 2 is 2.15 bits per heavy atom. The number of nitrogen functional groups attached to an aromatic ring is 1. The first-order valence-electron chi connectivity index (χ1n) is 6.18. The summed E-state index contributed by atoms with van der Waals surface area (Å²) < 4.78 is 8.22. The van der Waals surface area contributed by atoms with Crippen LogP contribution in [0.1, 0.15) is 25.5 Å². The molecule has 0 aliphatic carbocycles. The zero-order chi connectivity index (χ0) is 14.7. The van der Waals surface area contributed by atoms with E-state index in [0.29, 0.717) is 5.95 Å². The van der Waals surface area contributed by atoms with Crippen LogP contribution in [0, 0.1) is 0 Å². The van der Waals surface area contributed by atoms with E-state index >= 15 is 0 Å². The fourth-order valence-corrected chi connectivity index (χ4v) is 3.44. The Bertz CT molecular complexity index is 600. The lowest BCUT2D eigenvalue weighted by molar-refractivity contribution is 0.414. The largest absolute Gasteiger partial charge is 0.497 e. The number of rotatable bonds is 5. The van der Waals surface area contributed by atoms with Crippen molar-refractivity contribution < 1.29 is 4.74 Å². The van der Waals surface area contributed by atoms with Crippen LogP contribution in [0.2, 0.25) is 0 Å². The van der Waals surface area contributed by atoms with Gasteiger partial charge >= 0.3 is 0 Å². The van der Waals surface area contributed by atoms with E-state index in [0.717, 1.165) is 26.7 Å². The Morgan fingerprint density at radius 1 is 1.40 bits per heavy atom. The number of aromatic nitrogens is 3. The summed E-state index contributed by atoms with van der Waals surface area (Å²) in [6.07, 6.45) is 0. The Labute approximate surface area is 131 Å². The molecule has 2 N–H and O–H groups in total. The average Bonchev–Trinajstić information content (AvgIpc) is 2.79. The van der Waals surface area contributed by atoms with Crippen LogP contribution in [0.25, 0.3) is 0 Å². The van der Waals surface area contributed by atoms with Crippen LogP contribution in [0.4, 0.5) is 5.95 Å². The smallest absolute Gasteiger partial charge is 0.222 e. The summed E-state index contributed by atoms with van der Waals surface area (Å²) in [5.74, 6) is 2.06. The Morgan fingerprint density at radius 3 is 2.80 bits per heavy atom. The highest BCUT2D eigenvalue weighted by molar-refractivity contribution is 9.10. The summed E-state index contributed by atoms with van der Waals surface area (Å²) in [5.41, 5.74) is 6.98. The second kappa shape index (κ2) is 6.49. The van der Waals surface area contributed by atoms with Gasteiger partial charge in [0.1, 0.15) is 5.75 Å². The van der Waals surface area contributed by atoms with Gasteiger partial charge in [-0.25, -0.2) is 0 Å². The van der Waals surface area contributed by atoms with Crippen LogP contribution < -0.4 is 10.5 Å². The number of ether oxygens (including phenoxy) is 1. The summed E-state index contributed by atoms with van der Waals surface area (Å²) in [5, 5.41) is 8.89. The quantitative estimate of drug-likeness (QED) is 0.830. The minimum absolute atomic E-state index is 0.237. The third kappa shape index (κ3) is 3.27. The highest BCUT2D eigenvalue weighted by Crippen LogP contribution is 2.30. The molecule has 108 valence electrons. The van der Waals surface area contributed by atoms with Crippen LogP contribution in [-0.2, 0) is 5.75 Å². The van der Waals surface area contributed by atoms with E-state index in [-0.39, 0.29) is 6.04 Å². The van der Waals surface area contributed by atoms with Crippen molar-refractivity contribution in [3.8, 4) is 5.75 Å². The van der Waals surface area contributed by atoms with E-state index in [2.05, 4.69) is 40.0 Å². The summed E-state index contributed by atoms with van der Waals surface area (Å²) in [6, 6.07) is 6.15. The molecule has 0 radical (unpaired) electrons. The fraction of sp³-hybridized carbons (Fsp3) is 0.385.